The molecule has 7 aromatic carbocycles. The third kappa shape index (κ3) is 6.05. The van der Waals surface area contributed by atoms with Crippen molar-refractivity contribution >= 4 is 55.7 Å². The summed E-state index contributed by atoms with van der Waals surface area (Å²) in [4.78, 5) is 4.90. The highest BCUT2D eigenvalue weighted by atomic mass is 15.2. The molecule has 0 bridgehead atoms. The van der Waals surface area contributed by atoms with Crippen LogP contribution in [-0.2, 0) is 10.8 Å². The Kier molecular flexibility index (Phi) is 8.97. The number of fused-ring (bicyclic) bond motifs is 2. The molecule has 7 rings (SSSR count). The molecule has 0 aliphatic rings. The summed E-state index contributed by atoms with van der Waals surface area (Å²) in [5.74, 6) is 0. The van der Waals surface area contributed by atoms with Gasteiger partial charge in [-0.2, -0.15) is 0 Å². The number of benzene rings is 7. The van der Waals surface area contributed by atoms with Crippen LogP contribution in [0.25, 0.3) is 21.5 Å². The smallest absolute Gasteiger partial charge is 0.0619 e. The Bertz CT molecular complexity index is 2000. The molecule has 250 valence electrons. The zero-order chi connectivity index (χ0) is 34.9. The molecule has 0 saturated carbocycles. The first kappa shape index (κ1) is 33.2. The highest BCUT2D eigenvalue weighted by Crippen LogP contribution is 2.51. The van der Waals surface area contributed by atoms with Gasteiger partial charge in [0.25, 0.3) is 0 Å². The Morgan fingerprint density at radius 1 is 0.340 bits per heavy atom. The Morgan fingerprint density at radius 2 is 0.600 bits per heavy atom. The first-order valence-corrected chi connectivity index (χ1v) is 18.1. The van der Waals surface area contributed by atoms with Crippen molar-refractivity contribution in [2.75, 3.05) is 9.80 Å². The lowest BCUT2D eigenvalue weighted by Gasteiger charge is -2.33. The summed E-state index contributed by atoms with van der Waals surface area (Å²) < 4.78 is 0. The zero-order valence-corrected chi connectivity index (χ0v) is 30.3. The van der Waals surface area contributed by atoms with Crippen molar-refractivity contribution in [2.24, 2.45) is 0 Å². The zero-order valence-electron chi connectivity index (χ0n) is 30.3. The first-order chi connectivity index (χ1) is 24.2. The van der Waals surface area contributed by atoms with Crippen molar-refractivity contribution in [1.82, 2.24) is 0 Å². The SMILES string of the molecule is CCC(C)(C)c1ccc(N(c2ccccc2)c2c3ccccc3c(N(c3ccccc3)c3ccc(C(C)(C)CC)cc3)c3ccccc23)cc1. The molecule has 0 atom stereocenters. The fourth-order valence-electron chi connectivity index (χ4n) is 7.06. The number of hydrogen-bond acceptors (Lipinski definition) is 2. The molecule has 0 fully saturated rings. The van der Waals surface area contributed by atoms with Crippen LogP contribution >= 0.6 is 0 Å². The Hall–Kier alpha value is -5.34. The average Bonchev–Trinajstić information content (AvgIpc) is 3.17. The van der Waals surface area contributed by atoms with E-state index >= 15 is 0 Å². The molecule has 7 aromatic rings. The molecule has 2 nitrogen and oxygen atoms in total. The second-order valence-corrected chi connectivity index (χ2v) is 14.7. The highest BCUT2D eigenvalue weighted by Gasteiger charge is 2.26. The van der Waals surface area contributed by atoms with E-state index in [2.05, 4.69) is 209 Å². The monoisotopic (exact) mass is 652 g/mol. The molecule has 0 unspecified atom stereocenters. The van der Waals surface area contributed by atoms with Crippen LogP contribution in [0, 0.1) is 0 Å². The fraction of sp³-hybridized carbons (Fsp3) is 0.208. The predicted molar refractivity (Wildman–Crippen MR) is 217 cm³/mol. The molecule has 0 saturated heterocycles. The lowest BCUT2D eigenvalue weighted by Crippen LogP contribution is -2.17. The van der Waals surface area contributed by atoms with Gasteiger partial charge >= 0.3 is 0 Å². The van der Waals surface area contributed by atoms with Gasteiger partial charge in [-0.3, -0.25) is 0 Å². The molecule has 0 aromatic heterocycles. The van der Waals surface area contributed by atoms with E-state index in [1.807, 2.05) is 0 Å². The van der Waals surface area contributed by atoms with E-state index in [1.165, 1.54) is 44.0 Å². The Morgan fingerprint density at radius 3 is 0.880 bits per heavy atom. The van der Waals surface area contributed by atoms with Crippen molar-refractivity contribution in [3.05, 3.63) is 169 Å². The second kappa shape index (κ2) is 13.5. The molecule has 0 N–H and O–H groups in total. The van der Waals surface area contributed by atoms with Crippen molar-refractivity contribution in [1.29, 1.82) is 0 Å². The van der Waals surface area contributed by atoms with Crippen LogP contribution in [-0.4, -0.2) is 0 Å². The van der Waals surface area contributed by atoms with E-state index in [9.17, 15) is 0 Å². The minimum atomic E-state index is 0.114. The van der Waals surface area contributed by atoms with Crippen molar-refractivity contribution < 1.29 is 0 Å². The molecule has 0 spiro atoms. The van der Waals surface area contributed by atoms with Gasteiger partial charge in [-0.05, 0) is 83.3 Å². The summed E-state index contributed by atoms with van der Waals surface area (Å²) in [6.45, 7) is 13.8. The molecular formula is C48H48N2. The summed E-state index contributed by atoms with van der Waals surface area (Å²) in [6.07, 6.45) is 2.17. The summed E-state index contributed by atoms with van der Waals surface area (Å²) >= 11 is 0. The summed E-state index contributed by atoms with van der Waals surface area (Å²) in [6, 6.07) is 57.9. The van der Waals surface area contributed by atoms with Crippen molar-refractivity contribution in [2.45, 2.75) is 65.2 Å². The molecule has 50 heavy (non-hydrogen) atoms. The molecule has 0 amide bonds. The Labute approximate surface area is 298 Å². The van der Waals surface area contributed by atoms with Crippen LogP contribution in [0.4, 0.5) is 34.1 Å². The van der Waals surface area contributed by atoms with Gasteiger partial charge in [0.2, 0.25) is 0 Å². The van der Waals surface area contributed by atoms with Crippen LogP contribution in [0.1, 0.15) is 65.5 Å². The standard InChI is InChI=1S/C48H48N2/c1-7-47(3,4)35-27-31-39(32-28-35)49(37-19-11-9-12-20-37)45-41-23-15-17-25-43(41)46(44-26-18-16-24-42(44)45)50(38-21-13-10-14-22-38)40-33-29-36(30-34-40)48(5,6)8-2/h9-34H,7-8H2,1-6H3. The Balaban J connectivity index is 1.53. The van der Waals surface area contributed by atoms with E-state index in [-0.39, 0.29) is 10.8 Å². The fourth-order valence-corrected chi connectivity index (χ4v) is 7.06. The van der Waals surface area contributed by atoms with Gasteiger partial charge < -0.3 is 9.80 Å². The van der Waals surface area contributed by atoms with Gasteiger partial charge in [-0.15, -0.1) is 0 Å². The maximum Gasteiger partial charge on any atom is 0.0619 e. The molecule has 0 heterocycles. The van der Waals surface area contributed by atoms with Gasteiger partial charge in [0.1, 0.15) is 0 Å². The van der Waals surface area contributed by atoms with Gasteiger partial charge in [0.05, 0.1) is 11.4 Å². The van der Waals surface area contributed by atoms with E-state index in [4.69, 9.17) is 0 Å². The number of nitrogens with zero attached hydrogens (tertiary/aromatic N) is 2. The number of hydrogen-bond donors (Lipinski definition) is 0. The topological polar surface area (TPSA) is 6.48 Å². The van der Waals surface area contributed by atoms with Crippen LogP contribution < -0.4 is 9.80 Å². The van der Waals surface area contributed by atoms with Gasteiger partial charge in [0.15, 0.2) is 0 Å². The lowest BCUT2D eigenvalue weighted by atomic mass is 9.82. The second-order valence-electron chi connectivity index (χ2n) is 14.7. The molecule has 2 heteroatoms. The number of para-hydroxylation sites is 2. The van der Waals surface area contributed by atoms with E-state index < -0.39 is 0 Å². The summed E-state index contributed by atoms with van der Waals surface area (Å²) in [7, 11) is 0. The van der Waals surface area contributed by atoms with Crippen LogP contribution in [0.15, 0.2) is 158 Å². The minimum Gasteiger partial charge on any atom is -0.309 e. The number of rotatable bonds is 10. The molecular weight excluding hydrogens is 605 g/mol. The maximum atomic E-state index is 2.45. The predicted octanol–water partition coefficient (Wildman–Crippen LogP) is 14.3. The largest absolute Gasteiger partial charge is 0.309 e. The first-order valence-electron chi connectivity index (χ1n) is 18.1. The van der Waals surface area contributed by atoms with E-state index in [1.54, 1.807) is 0 Å². The van der Waals surface area contributed by atoms with Gasteiger partial charge in [-0.1, -0.05) is 151 Å². The third-order valence-corrected chi connectivity index (χ3v) is 10.9. The normalized spacial score (nSPS) is 12.0. The number of anilines is 6. The summed E-state index contributed by atoms with van der Waals surface area (Å²) in [5, 5.41) is 4.81. The van der Waals surface area contributed by atoms with E-state index in [0.29, 0.717) is 0 Å². The molecule has 0 aliphatic heterocycles. The third-order valence-electron chi connectivity index (χ3n) is 10.9. The van der Waals surface area contributed by atoms with Crippen molar-refractivity contribution in [3.8, 4) is 0 Å². The molecule has 0 radical (unpaired) electrons. The lowest BCUT2D eigenvalue weighted by molar-refractivity contribution is 0.506. The van der Waals surface area contributed by atoms with Gasteiger partial charge in [-0.25, -0.2) is 0 Å². The molecule has 0 aliphatic carbocycles. The average molecular weight is 653 g/mol. The highest BCUT2D eigenvalue weighted by molar-refractivity contribution is 6.23. The maximum absolute atomic E-state index is 2.45. The quantitative estimate of drug-likeness (QED) is 0.107. The minimum absolute atomic E-state index is 0.114. The van der Waals surface area contributed by atoms with Crippen LogP contribution in [0.3, 0.4) is 0 Å². The summed E-state index contributed by atoms with van der Waals surface area (Å²) in [5.41, 5.74) is 9.85. The van der Waals surface area contributed by atoms with Crippen LogP contribution in [0.2, 0.25) is 0 Å². The van der Waals surface area contributed by atoms with Crippen molar-refractivity contribution in [3.63, 3.8) is 0 Å². The van der Waals surface area contributed by atoms with Crippen LogP contribution in [0.5, 0.6) is 0 Å². The van der Waals surface area contributed by atoms with E-state index in [0.717, 1.165) is 35.6 Å². The van der Waals surface area contributed by atoms with Gasteiger partial charge in [0, 0.05) is 44.3 Å².